The van der Waals surface area contributed by atoms with Crippen LogP contribution in [0.1, 0.15) is 5.01 Å². The van der Waals surface area contributed by atoms with Gasteiger partial charge in [-0.1, -0.05) is 0 Å². The second-order valence-corrected chi connectivity index (χ2v) is 2.48. The number of aliphatic hydroxyl groups is 1. The maximum atomic E-state index is 12.1. The molecule has 0 spiro atoms. The van der Waals surface area contributed by atoms with E-state index in [1.807, 2.05) is 0 Å². The Morgan fingerprint density at radius 3 is 3.00 bits per heavy atom. The number of rotatable bonds is 2. The summed E-state index contributed by atoms with van der Waals surface area (Å²) in [6.07, 6.45) is 0.453. The first-order valence-corrected chi connectivity index (χ1v) is 3.41. The minimum atomic E-state index is -0.455. The van der Waals surface area contributed by atoms with Crippen LogP contribution >= 0.6 is 11.3 Å². The lowest BCUT2D eigenvalue weighted by molar-refractivity contribution is 0.299. The minimum absolute atomic E-state index is 0.0347. The summed E-state index contributed by atoms with van der Waals surface area (Å²) in [5.41, 5.74) is 0. The Balaban J connectivity index is 2.61. The molecule has 0 bridgehead atoms. The summed E-state index contributed by atoms with van der Waals surface area (Å²) >= 11 is 1.23. The lowest BCUT2D eigenvalue weighted by Gasteiger charge is -1.84. The summed E-state index contributed by atoms with van der Waals surface area (Å²) in [6.45, 7) is 0.0347. The number of halogens is 1. The van der Waals surface area contributed by atoms with Gasteiger partial charge in [0.2, 0.25) is 5.95 Å². The van der Waals surface area contributed by atoms with Crippen LogP contribution < -0.4 is 0 Å². The van der Waals surface area contributed by atoms with Gasteiger partial charge < -0.3 is 5.11 Å². The molecule has 0 aliphatic carbocycles. The molecule has 1 aromatic rings. The summed E-state index contributed by atoms with van der Waals surface area (Å²) in [4.78, 5) is 3.49. The number of aliphatic hydroxyl groups excluding tert-OH is 1. The summed E-state index contributed by atoms with van der Waals surface area (Å²) in [6, 6.07) is 0. The normalized spacial score (nSPS) is 10.0. The molecule has 2 nitrogen and oxygen atoms in total. The van der Waals surface area contributed by atoms with Gasteiger partial charge in [0.25, 0.3) is 0 Å². The van der Waals surface area contributed by atoms with Crippen LogP contribution in [-0.2, 0) is 6.42 Å². The highest BCUT2D eigenvalue weighted by Crippen LogP contribution is 2.07. The monoisotopic (exact) mass is 147 g/mol. The van der Waals surface area contributed by atoms with Crippen molar-refractivity contribution < 1.29 is 9.50 Å². The van der Waals surface area contributed by atoms with Crippen molar-refractivity contribution in [1.29, 1.82) is 0 Å². The number of aromatic nitrogens is 1. The van der Waals surface area contributed by atoms with Crippen LogP contribution in [-0.4, -0.2) is 16.7 Å². The van der Waals surface area contributed by atoms with Gasteiger partial charge in [-0.2, -0.15) is 4.39 Å². The van der Waals surface area contributed by atoms with E-state index in [0.717, 1.165) is 0 Å². The first kappa shape index (κ1) is 6.64. The fraction of sp³-hybridized carbons (Fsp3) is 0.400. The zero-order valence-corrected chi connectivity index (χ0v) is 5.49. The van der Waals surface area contributed by atoms with Crippen molar-refractivity contribution in [3.05, 3.63) is 16.3 Å². The molecule has 1 heterocycles. The Hall–Kier alpha value is -0.480. The number of thiazole rings is 1. The number of hydrogen-bond donors (Lipinski definition) is 1. The molecule has 0 unspecified atom stereocenters. The van der Waals surface area contributed by atoms with Crippen LogP contribution in [0, 0.1) is 5.95 Å². The van der Waals surface area contributed by atoms with E-state index in [9.17, 15) is 4.39 Å². The molecular weight excluding hydrogens is 141 g/mol. The van der Waals surface area contributed by atoms with E-state index in [4.69, 9.17) is 5.11 Å². The average Bonchev–Trinajstić information content (AvgIpc) is 2.17. The molecule has 1 rings (SSSR count). The van der Waals surface area contributed by atoms with Crippen molar-refractivity contribution in [2.24, 2.45) is 0 Å². The van der Waals surface area contributed by atoms with E-state index < -0.39 is 5.95 Å². The van der Waals surface area contributed by atoms with Gasteiger partial charge in [0.1, 0.15) is 0 Å². The lowest BCUT2D eigenvalue weighted by Crippen LogP contribution is -1.88. The molecule has 0 radical (unpaired) electrons. The van der Waals surface area contributed by atoms with Crippen LogP contribution in [0.5, 0.6) is 0 Å². The van der Waals surface area contributed by atoms with Crippen LogP contribution in [0.4, 0.5) is 4.39 Å². The highest BCUT2D eigenvalue weighted by molar-refractivity contribution is 7.09. The topological polar surface area (TPSA) is 33.1 Å². The Morgan fingerprint density at radius 1 is 1.78 bits per heavy atom. The number of nitrogens with zero attached hydrogens (tertiary/aromatic N) is 1. The molecule has 9 heavy (non-hydrogen) atoms. The van der Waals surface area contributed by atoms with Crippen molar-refractivity contribution in [3.63, 3.8) is 0 Å². The van der Waals surface area contributed by atoms with Crippen LogP contribution in [0.2, 0.25) is 0 Å². The Morgan fingerprint density at radius 2 is 2.56 bits per heavy atom. The fourth-order valence-corrected chi connectivity index (χ4v) is 1.13. The predicted octanol–water partition coefficient (Wildman–Crippen LogP) is 0.817. The Kier molecular flexibility index (Phi) is 2.13. The minimum Gasteiger partial charge on any atom is -0.396 e. The van der Waals surface area contributed by atoms with Gasteiger partial charge in [-0.05, 0) is 0 Å². The highest BCUT2D eigenvalue weighted by Gasteiger charge is 1.97. The van der Waals surface area contributed by atoms with E-state index in [1.165, 1.54) is 16.7 Å². The third kappa shape index (κ3) is 1.73. The molecule has 0 fully saturated rings. The van der Waals surface area contributed by atoms with E-state index in [0.29, 0.717) is 11.4 Å². The molecule has 4 heteroatoms. The maximum Gasteiger partial charge on any atom is 0.223 e. The third-order valence-corrected chi connectivity index (χ3v) is 1.73. The van der Waals surface area contributed by atoms with Crippen molar-refractivity contribution >= 4 is 11.3 Å². The average molecular weight is 147 g/mol. The molecule has 0 aliphatic rings. The van der Waals surface area contributed by atoms with Crippen molar-refractivity contribution in [2.45, 2.75) is 6.42 Å². The third-order valence-electron chi connectivity index (χ3n) is 0.849. The van der Waals surface area contributed by atoms with Gasteiger partial charge in [0, 0.05) is 18.4 Å². The molecule has 0 aliphatic heterocycles. The summed E-state index contributed by atoms with van der Waals surface area (Å²) in [7, 11) is 0. The molecule has 50 valence electrons. The van der Waals surface area contributed by atoms with Gasteiger partial charge >= 0.3 is 0 Å². The standard InChI is InChI=1S/C5H6FNOS/c6-4-3-9-5(7-4)1-2-8/h3,8H,1-2H2. The summed E-state index contributed by atoms with van der Waals surface area (Å²) in [5.74, 6) is -0.455. The van der Waals surface area contributed by atoms with E-state index >= 15 is 0 Å². The predicted molar refractivity (Wildman–Crippen MR) is 32.9 cm³/mol. The van der Waals surface area contributed by atoms with Crippen molar-refractivity contribution in [3.8, 4) is 0 Å². The second-order valence-electron chi connectivity index (χ2n) is 1.54. The molecule has 1 aromatic heterocycles. The van der Waals surface area contributed by atoms with E-state index in [1.54, 1.807) is 0 Å². The maximum absolute atomic E-state index is 12.1. The van der Waals surface area contributed by atoms with Gasteiger partial charge in [-0.25, -0.2) is 4.98 Å². The van der Waals surface area contributed by atoms with Crippen molar-refractivity contribution in [2.75, 3.05) is 6.61 Å². The number of hydrogen-bond acceptors (Lipinski definition) is 3. The fourth-order valence-electron chi connectivity index (χ4n) is 0.499. The van der Waals surface area contributed by atoms with Gasteiger partial charge in [0.05, 0.1) is 5.01 Å². The molecular formula is C5H6FNOS. The summed E-state index contributed by atoms with van der Waals surface area (Å²) < 4.78 is 12.1. The van der Waals surface area contributed by atoms with Crippen LogP contribution in [0.3, 0.4) is 0 Å². The van der Waals surface area contributed by atoms with E-state index in [2.05, 4.69) is 4.98 Å². The zero-order valence-electron chi connectivity index (χ0n) is 4.67. The second kappa shape index (κ2) is 2.89. The van der Waals surface area contributed by atoms with Gasteiger partial charge in [0.15, 0.2) is 0 Å². The lowest BCUT2D eigenvalue weighted by atomic mass is 10.5. The molecule has 0 saturated heterocycles. The molecule has 0 amide bonds. The van der Waals surface area contributed by atoms with Crippen LogP contribution in [0.25, 0.3) is 0 Å². The van der Waals surface area contributed by atoms with Gasteiger partial charge in [-0.15, -0.1) is 11.3 Å². The van der Waals surface area contributed by atoms with Crippen molar-refractivity contribution in [1.82, 2.24) is 4.98 Å². The molecule has 1 N–H and O–H groups in total. The highest BCUT2D eigenvalue weighted by atomic mass is 32.1. The Labute approximate surface area is 56.0 Å². The molecule has 0 saturated carbocycles. The van der Waals surface area contributed by atoms with E-state index in [-0.39, 0.29) is 6.61 Å². The SMILES string of the molecule is OCCc1nc(F)cs1. The van der Waals surface area contributed by atoms with Crippen LogP contribution in [0.15, 0.2) is 5.38 Å². The smallest absolute Gasteiger partial charge is 0.223 e. The van der Waals surface area contributed by atoms with Gasteiger partial charge in [-0.3, -0.25) is 0 Å². The molecule has 0 atom stereocenters. The molecule has 0 aromatic carbocycles. The first-order chi connectivity index (χ1) is 4.33. The first-order valence-electron chi connectivity index (χ1n) is 2.53. The Bertz CT molecular complexity index is 189. The zero-order chi connectivity index (χ0) is 6.69. The quantitative estimate of drug-likeness (QED) is 0.671. The summed E-state index contributed by atoms with van der Waals surface area (Å²) in [5, 5.41) is 10.3. The largest absolute Gasteiger partial charge is 0.396 e.